The zero-order chi connectivity index (χ0) is 28.6. The molecule has 2 amide bonds. The van der Waals surface area contributed by atoms with Crippen LogP contribution < -0.4 is 21.3 Å². The Labute approximate surface area is 241 Å². The number of carbonyl (C=O) groups excluding carboxylic acids is 2. The Morgan fingerprint density at radius 3 is 1.59 bits per heavy atom. The molecule has 2 aromatic carbocycles. The van der Waals surface area contributed by atoms with Crippen molar-refractivity contribution >= 4 is 46.5 Å². The van der Waals surface area contributed by atoms with Gasteiger partial charge < -0.3 is 24.8 Å². The number of hydrogen-bond acceptors (Lipinski definition) is 7. The van der Waals surface area contributed by atoms with E-state index in [9.17, 15) is 9.59 Å². The Bertz CT molecular complexity index is 1060. The van der Waals surface area contributed by atoms with Gasteiger partial charge in [0.25, 0.3) is 11.8 Å². The largest absolute Gasteiger partial charge is 0.377 e. The first-order chi connectivity index (χ1) is 18.7. The molecule has 2 aromatic rings. The normalized spacial score (nSPS) is 13.8. The molecule has 9 nitrogen and oxygen atoms in total. The van der Waals surface area contributed by atoms with Crippen LogP contribution in [0.15, 0.2) is 60.7 Å². The zero-order valence-corrected chi connectivity index (χ0v) is 24.4. The van der Waals surface area contributed by atoms with Gasteiger partial charge in [-0.2, -0.15) is 0 Å². The zero-order valence-electron chi connectivity index (χ0n) is 22.8. The quantitative estimate of drug-likeness (QED) is 0.200. The van der Waals surface area contributed by atoms with E-state index in [0.717, 1.165) is 0 Å². The summed E-state index contributed by atoms with van der Waals surface area (Å²) in [6, 6.07) is 17.6. The average Bonchev–Trinajstić information content (AvgIpc) is 2.92. The minimum atomic E-state index is -0.262. The van der Waals surface area contributed by atoms with Gasteiger partial charge in [-0.25, -0.2) is 0 Å². The van der Waals surface area contributed by atoms with Gasteiger partial charge in [-0.05, 0) is 76.4 Å². The Hall–Kier alpha value is -2.96. The van der Waals surface area contributed by atoms with Crippen molar-refractivity contribution in [2.75, 3.05) is 26.4 Å². The molecule has 0 aliphatic rings. The summed E-state index contributed by atoms with van der Waals surface area (Å²) in [5.41, 5.74) is 1.08. The lowest BCUT2D eigenvalue weighted by Crippen LogP contribution is -2.45. The number of hydrogen-bond donors (Lipinski definition) is 4. The van der Waals surface area contributed by atoms with Crippen molar-refractivity contribution in [1.82, 2.24) is 21.3 Å². The number of benzene rings is 2. The van der Waals surface area contributed by atoms with E-state index in [-0.39, 0.29) is 46.3 Å². The Balaban J connectivity index is 1.54. The van der Waals surface area contributed by atoms with Gasteiger partial charge in [0.2, 0.25) is 0 Å². The van der Waals surface area contributed by atoms with Gasteiger partial charge in [-0.15, -0.1) is 0 Å². The van der Waals surface area contributed by atoms with E-state index in [4.69, 9.17) is 38.6 Å². The molecular weight excluding hydrogens is 536 g/mol. The lowest BCUT2D eigenvalue weighted by atomic mass is 10.2. The maximum absolute atomic E-state index is 12.2. The van der Waals surface area contributed by atoms with Crippen LogP contribution in [0.25, 0.3) is 0 Å². The molecule has 39 heavy (non-hydrogen) atoms. The molecular formula is C28H38N4O5S2. The second-order valence-electron chi connectivity index (χ2n) is 9.08. The highest BCUT2D eigenvalue weighted by atomic mass is 32.1. The average molecular weight is 575 g/mol. The predicted molar refractivity (Wildman–Crippen MR) is 160 cm³/mol. The van der Waals surface area contributed by atoms with Crippen LogP contribution in [0.3, 0.4) is 0 Å². The van der Waals surface area contributed by atoms with Crippen LogP contribution in [0, 0.1) is 0 Å². The molecule has 0 aliphatic heterocycles. The minimum Gasteiger partial charge on any atom is -0.377 e. The monoisotopic (exact) mass is 574 g/mol. The van der Waals surface area contributed by atoms with Gasteiger partial charge in [0, 0.05) is 23.2 Å². The molecule has 4 atom stereocenters. The lowest BCUT2D eigenvalue weighted by molar-refractivity contribution is -0.0722. The predicted octanol–water partition coefficient (Wildman–Crippen LogP) is 3.20. The highest BCUT2D eigenvalue weighted by molar-refractivity contribution is 7.80. The number of ether oxygens (including phenoxy) is 3. The van der Waals surface area contributed by atoms with Crippen LogP contribution in [0.1, 0.15) is 48.4 Å². The maximum atomic E-state index is 12.2. The summed E-state index contributed by atoms with van der Waals surface area (Å²) in [5.74, 6) is -0.524. The first-order valence-electron chi connectivity index (χ1n) is 12.8. The van der Waals surface area contributed by atoms with Crippen molar-refractivity contribution in [1.29, 1.82) is 0 Å². The maximum Gasteiger partial charge on any atom is 0.257 e. The topological polar surface area (TPSA) is 110 Å². The van der Waals surface area contributed by atoms with Crippen molar-refractivity contribution in [3.05, 3.63) is 71.8 Å². The molecule has 4 unspecified atom stereocenters. The van der Waals surface area contributed by atoms with E-state index in [1.165, 1.54) is 0 Å². The summed E-state index contributed by atoms with van der Waals surface area (Å²) in [6.07, 6.45) is -0.310. The summed E-state index contributed by atoms with van der Waals surface area (Å²) < 4.78 is 17.4. The van der Waals surface area contributed by atoms with Gasteiger partial charge in [-0.3, -0.25) is 20.2 Å². The molecule has 0 heterocycles. The van der Waals surface area contributed by atoms with Crippen molar-refractivity contribution in [2.24, 2.45) is 0 Å². The third kappa shape index (κ3) is 13.1. The Morgan fingerprint density at radius 2 is 1.10 bits per heavy atom. The van der Waals surface area contributed by atoms with E-state index in [1.54, 1.807) is 48.5 Å². The van der Waals surface area contributed by atoms with E-state index in [0.29, 0.717) is 37.6 Å². The van der Waals surface area contributed by atoms with Crippen LogP contribution in [0.5, 0.6) is 0 Å². The van der Waals surface area contributed by atoms with Crippen LogP contribution in [0.4, 0.5) is 0 Å². The Morgan fingerprint density at radius 1 is 0.667 bits per heavy atom. The molecule has 0 aliphatic carbocycles. The number of nitrogens with one attached hydrogen (secondary N) is 4. The molecule has 0 fully saturated rings. The Kier molecular flexibility index (Phi) is 14.5. The molecule has 0 spiro atoms. The van der Waals surface area contributed by atoms with Gasteiger partial charge in [-0.1, -0.05) is 36.4 Å². The van der Waals surface area contributed by atoms with E-state index < -0.39 is 0 Å². The number of amides is 2. The molecule has 0 saturated carbocycles. The molecule has 0 aromatic heterocycles. The fraction of sp³-hybridized carbons (Fsp3) is 0.429. The number of rotatable bonds is 14. The summed E-state index contributed by atoms with van der Waals surface area (Å²) in [4.78, 5) is 24.3. The summed E-state index contributed by atoms with van der Waals surface area (Å²) in [5, 5.41) is 11.9. The minimum absolute atomic E-state index is 0.0919. The summed E-state index contributed by atoms with van der Waals surface area (Å²) >= 11 is 10.4. The van der Waals surface area contributed by atoms with Crippen LogP contribution in [0.2, 0.25) is 0 Å². The van der Waals surface area contributed by atoms with Crippen LogP contribution in [-0.2, 0) is 14.2 Å². The van der Waals surface area contributed by atoms with E-state index >= 15 is 0 Å². The van der Waals surface area contributed by atoms with E-state index in [2.05, 4.69) is 21.3 Å². The van der Waals surface area contributed by atoms with Crippen LogP contribution >= 0.6 is 24.4 Å². The molecule has 0 radical (unpaired) electrons. The number of carbonyl (C=O) groups is 2. The molecule has 212 valence electrons. The fourth-order valence-electron chi connectivity index (χ4n) is 3.25. The molecule has 11 heteroatoms. The number of thiocarbonyl (C=S) groups is 2. The molecule has 0 saturated heterocycles. The third-order valence-corrected chi connectivity index (χ3v) is 5.97. The molecule has 2 rings (SSSR count). The van der Waals surface area contributed by atoms with Gasteiger partial charge in [0.15, 0.2) is 10.2 Å². The van der Waals surface area contributed by atoms with E-state index in [1.807, 2.05) is 39.8 Å². The molecule has 4 N–H and O–H groups in total. The highest BCUT2D eigenvalue weighted by Crippen LogP contribution is 2.05. The van der Waals surface area contributed by atoms with Crippen LogP contribution in [-0.4, -0.2) is 72.8 Å². The van der Waals surface area contributed by atoms with Crippen molar-refractivity contribution < 1.29 is 23.8 Å². The SMILES string of the molecule is CC(COCCOC(C)C(C)OCC(C)NC(=S)NC(=O)c1ccccc1)NC(=S)NC(=O)c1ccccc1. The smallest absolute Gasteiger partial charge is 0.257 e. The summed E-state index contributed by atoms with van der Waals surface area (Å²) in [7, 11) is 0. The summed E-state index contributed by atoms with van der Waals surface area (Å²) in [6.45, 7) is 9.29. The highest BCUT2D eigenvalue weighted by Gasteiger charge is 2.16. The first-order valence-corrected chi connectivity index (χ1v) is 13.6. The van der Waals surface area contributed by atoms with Gasteiger partial charge in [0.05, 0.1) is 38.6 Å². The lowest BCUT2D eigenvalue weighted by Gasteiger charge is -2.24. The van der Waals surface area contributed by atoms with Crippen molar-refractivity contribution in [3.8, 4) is 0 Å². The standard InChI is InChI=1S/C28H38N4O5S2/c1-19(29-27(38)31-25(33)23-11-7-5-8-12-23)17-35-15-16-36-21(3)22(4)37-18-20(2)30-28(39)32-26(34)24-13-9-6-10-14-24/h5-14,19-22H,15-18H2,1-4H3,(H2,29,31,33,38)(H2,30,32,34,39). The van der Waals surface area contributed by atoms with Gasteiger partial charge in [0.1, 0.15) is 0 Å². The molecule has 0 bridgehead atoms. The first kappa shape index (κ1) is 32.3. The second-order valence-corrected chi connectivity index (χ2v) is 9.90. The second kappa shape index (κ2) is 17.6. The fourth-order valence-corrected chi connectivity index (χ4v) is 3.84. The third-order valence-electron chi connectivity index (χ3n) is 5.53. The van der Waals surface area contributed by atoms with Crippen molar-refractivity contribution in [3.63, 3.8) is 0 Å². The van der Waals surface area contributed by atoms with Crippen molar-refractivity contribution in [2.45, 2.75) is 52.0 Å². The van der Waals surface area contributed by atoms with Gasteiger partial charge >= 0.3 is 0 Å².